The zero-order valence-corrected chi connectivity index (χ0v) is 17.3. The molecule has 1 N–H and O–H groups in total. The Labute approximate surface area is 177 Å². The van der Waals surface area contributed by atoms with Crippen LogP contribution < -0.4 is 10.1 Å². The molecule has 0 atom stereocenters. The molecule has 29 heavy (non-hydrogen) atoms. The van der Waals surface area contributed by atoms with Crippen molar-refractivity contribution in [2.24, 2.45) is 0 Å². The van der Waals surface area contributed by atoms with Gasteiger partial charge in [-0.15, -0.1) is 10.2 Å². The highest BCUT2D eigenvalue weighted by Crippen LogP contribution is 2.23. The van der Waals surface area contributed by atoms with Crippen molar-refractivity contribution < 1.29 is 13.9 Å². The predicted octanol–water partition coefficient (Wildman–Crippen LogP) is 4.52. The van der Waals surface area contributed by atoms with Gasteiger partial charge in [-0.05, 0) is 49.2 Å². The van der Waals surface area contributed by atoms with E-state index in [1.165, 1.54) is 6.07 Å². The van der Waals surface area contributed by atoms with Crippen molar-refractivity contribution in [3.05, 3.63) is 64.0 Å². The first-order valence-corrected chi connectivity index (χ1v) is 9.95. The molecule has 7 nitrogen and oxygen atoms in total. The second-order valence-corrected chi connectivity index (χ2v) is 7.52. The van der Waals surface area contributed by atoms with Gasteiger partial charge in [0.15, 0.2) is 6.61 Å². The third-order valence-corrected chi connectivity index (χ3v) is 4.90. The number of ether oxygens (including phenoxy) is 1. The summed E-state index contributed by atoms with van der Waals surface area (Å²) in [7, 11) is 0. The molecule has 0 saturated heterocycles. The summed E-state index contributed by atoms with van der Waals surface area (Å²) in [6.07, 6.45) is 0. The molecule has 0 saturated carbocycles. The highest BCUT2D eigenvalue weighted by Gasteiger charge is 2.12. The molecule has 0 unspecified atom stereocenters. The number of nitriles is 1. The summed E-state index contributed by atoms with van der Waals surface area (Å²) < 4.78 is 11.2. The van der Waals surface area contributed by atoms with E-state index in [4.69, 9.17) is 26.0 Å². The number of nitrogens with zero attached hydrogens (tertiary/aromatic N) is 3. The Bertz CT molecular complexity index is 1080. The van der Waals surface area contributed by atoms with Gasteiger partial charge in [0, 0.05) is 5.02 Å². The Hall–Kier alpha value is -3.02. The molecule has 0 fully saturated rings. The number of carbonyl (C=O) groups excluding carboxylic acids is 1. The number of rotatable bonds is 7. The summed E-state index contributed by atoms with van der Waals surface area (Å²) in [6.45, 7) is 4.08. The molecule has 0 aliphatic rings. The van der Waals surface area contributed by atoms with Crippen LogP contribution in [0.25, 0.3) is 0 Å². The number of carbonyl (C=O) groups is 1. The summed E-state index contributed by atoms with van der Waals surface area (Å²) >= 11 is 7.00. The topological polar surface area (TPSA) is 101 Å². The van der Waals surface area contributed by atoms with Crippen LogP contribution in [0.3, 0.4) is 0 Å². The largest absolute Gasteiger partial charge is 0.484 e. The van der Waals surface area contributed by atoms with Crippen molar-refractivity contribution in [1.82, 2.24) is 10.2 Å². The minimum Gasteiger partial charge on any atom is -0.484 e. The number of amides is 1. The number of benzene rings is 2. The molecule has 1 aromatic heterocycles. The Morgan fingerprint density at radius 1 is 1.28 bits per heavy atom. The lowest BCUT2D eigenvalue weighted by atomic mass is 10.1. The van der Waals surface area contributed by atoms with E-state index in [1.807, 2.05) is 38.1 Å². The van der Waals surface area contributed by atoms with Gasteiger partial charge < -0.3 is 14.5 Å². The third kappa shape index (κ3) is 5.73. The van der Waals surface area contributed by atoms with Crippen molar-refractivity contribution >= 4 is 35.0 Å². The monoisotopic (exact) mass is 428 g/mol. The summed E-state index contributed by atoms with van der Waals surface area (Å²) in [4.78, 5) is 12.2. The lowest BCUT2D eigenvalue weighted by molar-refractivity contribution is -0.113. The van der Waals surface area contributed by atoms with Crippen molar-refractivity contribution in [3.63, 3.8) is 0 Å². The minimum atomic E-state index is -0.319. The quantitative estimate of drug-likeness (QED) is 0.552. The van der Waals surface area contributed by atoms with Crippen LogP contribution in [-0.4, -0.2) is 21.9 Å². The normalized spacial score (nSPS) is 10.4. The molecule has 0 radical (unpaired) electrons. The van der Waals surface area contributed by atoms with Crippen LogP contribution in [0.4, 0.5) is 5.69 Å². The second kappa shape index (κ2) is 9.45. The van der Waals surface area contributed by atoms with Gasteiger partial charge in [0.2, 0.25) is 5.91 Å². The molecule has 0 bridgehead atoms. The maximum atomic E-state index is 12.2. The molecular formula is C20H17ClN4O3S. The SMILES string of the molecule is Cc1ccc(C)c(OCc2nnc(SCC(=O)Nc3cc(Cl)ccc3C#N)o2)c1. The summed E-state index contributed by atoms with van der Waals surface area (Å²) in [5.74, 6) is 0.791. The van der Waals surface area contributed by atoms with Crippen LogP contribution in [-0.2, 0) is 11.4 Å². The lowest BCUT2D eigenvalue weighted by Gasteiger charge is -2.07. The molecular weight excluding hydrogens is 412 g/mol. The van der Waals surface area contributed by atoms with E-state index >= 15 is 0 Å². The molecule has 0 aliphatic heterocycles. The highest BCUT2D eigenvalue weighted by molar-refractivity contribution is 7.99. The molecule has 148 valence electrons. The molecule has 3 rings (SSSR count). The van der Waals surface area contributed by atoms with Crippen LogP contribution in [0.5, 0.6) is 5.75 Å². The van der Waals surface area contributed by atoms with Crippen LogP contribution in [0.2, 0.25) is 5.02 Å². The molecule has 2 aromatic carbocycles. The Balaban J connectivity index is 1.53. The Morgan fingerprint density at radius 2 is 2.10 bits per heavy atom. The number of hydrogen-bond acceptors (Lipinski definition) is 7. The van der Waals surface area contributed by atoms with Gasteiger partial charge in [-0.1, -0.05) is 35.5 Å². The summed E-state index contributed by atoms with van der Waals surface area (Å²) in [5, 5.41) is 20.3. The average molecular weight is 429 g/mol. The van der Waals surface area contributed by atoms with Crippen molar-refractivity contribution in [2.75, 3.05) is 11.1 Å². The van der Waals surface area contributed by atoms with Crippen molar-refractivity contribution in [2.45, 2.75) is 25.7 Å². The highest BCUT2D eigenvalue weighted by atomic mass is 35.5. The van der Waals surface area contributed by atoms with E-state index in [0.29, 0.717) is 22.2 Å². The molecule has 0 aliphatic carbocycles. The number of aromatic nitrogens is 2. The zero-order chi connectivity index (χ0) is 20.8. The molecule has 3 aromatic rings. The van der Waals surface area contributed by atoms with Crippen molar-refractivity contribution in [1.29, 1.82) is 5.26 Å². The van der Waals surface area contributed by atoms with Gasteiger partial charge in [0.05, 0.1) is 17.0 Å². The molecule has 1 amide bonds. The molecule has 9 heteroatoms. The third-order valence-electron chi connectivity index (χ3n) is 3.85. The minimum absolute atomic E-state index is 0.0386. The van der Waals surface area contributed by atoms with Crippen LogP contribution in [0.1, 0.15) is 22.6 Å². The van der Waals surface area contributed by atoms with Gasteiger partial charge in [-0.3, -0.25) is 4.79 Å². The van der Waals surface area contributed by atoms with E-state index in [1.54, 1.807) is 12.1 Å². The van der Waals surface area contributed by atoms with Gasteiger partial charge in [-0.2, -0.15) is 5.26 Å². The zero-order valence-electron chi connectivity index (χ0n) is 15.7. The maximum absolute atomic E-state index is 12.2. The first kappa shape index (κ1) is 20.7. The first-order valence-electron chi connectivity index (χ1n) is 8.59. The number of hydrogen-bond donors (Lipinski definition) is 1. The molecule has 0 spiro atoms. The fourth-order valence-electron chi connectivity index (χ4n) is 2.39. The number of anilines is 1. The van der Waals surface area contributed by atoms with E-state index < -0.39 is 0 Å². The van der Waals surface area contributed by atoms with Crippen LogP contribution >= 0.6 is 23.4 Å². The number of halogens is 1. The first-order chi connectivity index (χ1) is 13.9. The fraction of sp³-hybridized carbons (Fsp3) is 0.200. The fourth-order valence-corrected chi connectivity index (χ4v) is 3.14. The van der Waals surface area contributed by atoms with Crippen molar-refractivity contribution in [3.8, 4) is 11.8 Å². The van der Waals surface area contributed by atoms with Gasteiger partial charge in [0.25, 0.3) is 11.1 Å². The number of nitrogens with one attached hydrogen (secondary N) is 1. The van der Waals surface area contributed by atoms with Gasteiger partial charge in [0.1, 0.15) is 11.8 Å². The van der Waals surface area contributed by atoms with Gasteiger partial charge in [-0.25, -0.2) is 0 Å². The van der Waals surface area contributed by atoms with Crippen LogP contribution in [0.15, 0.2) is 46.0 Å². The molecule has 1 heterocycles. The number of aryl methyl sites for hydroxylation is 2. The standard InChI is InChI=1S/C20H17ClN4O3S/c1-12-3-4-13(2)17(7-12)27-10-19-24-25-20(28-19)29-11-18(26)23-16-8-15(21)6-5-14(16)9-22/h3-8H,10-11H2,1-2H3,(H,23,26). The van der Waals surface area contributed by atoms with E-state index in [0.717, 1.165) is 28.6 Å². The summed E-state index contributed by atoms with van der Waals surface area (Å²) in [6, 6.07) is 12.6. The second-order valence-electron chi connectivity index (χ2n) is 6.16. The average Bonchev–Trinajstić information content (AvgIpc) is 3.15. The van der Waals surface area contributed by atoms with Gasteiger partial charge >= 0.3 is 0 Å². The maximum Gasteiger partial charge on any atom is 0.277 e. The predicted molar refractivity (Wildman–Crippen MR) is 110 cm³/mol. The number of thioether (sulfide) groups is 1. The van der Waals surface area contributed by atoms with Crippen LogP contribution in [0, 0.1) is 25.2 Å². The summed E-state index contributed by atoms with van der Waals surface area (Å²) in [5.41, 5.74) is 2.80. The van der Waals surface area contributed by atoms with E-state index in [-0.39, 0.29) is 23.5 Å². The lowest BCUT2D eigenvalue weighted by Crippen LogP contribution is -2.15. The van der Waals surface area contributed by atoms with E-state index in [9.17, 15) is 4.79 Å². The van der Waals surface area contributed by atoms with E-state index in [2.05, 4.69) is 15.5 Å². The Morgan fingerprint density at radius 3 is 2.90 bits per heavy atom. The Kier molecular flexibility index (Phi) is 6.75. The smallest absolute Gasteiger partial charge is 0.277 e.